The maximum atomic E-state index is 14.0. The van der Waals surface area contributed by atoms with Crippen LogP contribution in [0.2, 0.25) is 0 Å². The third-order valence-electron chi connectivity index (χ3n) is 11.7. The van der Waals surface area contributed by atoms with Gasteiger partial charge >= 0.3 is 6.09 Å². The number of benzene rings is 5. The van der Waals surface area contributed by atoms with Gasteiger partial charge in [-0.3, -0.25) is 9.59 Å². The molecular weight excluding hydrogens is 751 g/mol. The van der Waals surface area contributed by atoms with Gasteiger partial charge in [-0.15, -0.1) is 0 Å². The van der Waals surface area contributed by atoms with Crippen molar-refractivity contribution < 1.29 is 19.5 Å². The number of nitrogens with zero attached hydrogens (tertiary/aromatic N) is 4. The van der Waals surface area contributed by atoms with Crippen molar-refractivity contribution in [3.05, 3.63) is 180 Å². The van der Waals surface area contributed by atoms with Gasteiger partial charge in [0.2, 0.25) is 0 Å². The van der Waals surface area contributed by atoms with Gasteiger partial charge < -0.3 is 30.2 Å². The fourth-order valence-corrected chi connectivity index (χ4v) is 8.67. The van der Waals surface area contributed by atoms with Gasteiger partial charge in [-0.25, -0.2) is 14.8 Å². The number of likely N-dealkylation sites (tertiary alicyclic amines) is 2. The van der Waals surface area contributed by atoms with Gasteiger partial charge in [-0.1, -0.05) is 127 Å². The summed E-state index contributed by atoms with van der Waals surface area (Å²) in [6.45, 7) is 1.21. The van der Waals surface area contributed by atoms with Crippen molar-refractivity contribution in [2.45, 2.75) is 50.2 Å². The topological polar surface area (TPSA) is 147 Å². The van der Waals surface area contributed by atoms with Crippen LogP contribution in [0.1, 0.15) is 82.5 Å². The lowest BCUT2D eigenvalue weighted by molar-refractivity contribution is -0.134. The number of aromatic amines is 2. The van der Waals surface area contributed by atoms with Crippen molar-refractivity contribution in [1.29, 1.82) is 0 Å². The Kier molecular flexibility index (Phi) is 10.8. The minimum Gasteiger partial charge on any atom is -0.465 e. The fourth-order valence-electron chi connectivity index (χ4n) is 8.67. The average Bonchev–Trinajstić information content (AvgIpc) is 4.14. The van der Waals surface area contributed by atoms with E-state index in [9.17, 15) is 19.5 Å². The van der Waals surface area contributed by atoms with Crippen LogP contribution in [-0.4, -0.2) is 65.8 Å². The molecule has 5 aromatic carbocycles. The van der Waals surface area contributed by atoms with Crippen molar-refractivity contribution in [2.75, 3.05) is 13.1 Å². The van der Waals surface area contributed by atoms with E-state index < -0.39 is 12.1 Å². The van der Waals surface area contributed by atoms with Gasteiger partial charge in [0.15, 0.2) is 0 Å². The highest BCUT2D eigenvalue weighted by Gasteiger charge is 2.37. The second kappa shape index (κ2) is 16.9. The van der Waals surface area contributed by atoms with Gasteiger partial charge in [-0.05, 0) is 77.1 Å². The standard InChI is InChI=1S/C49H45N7O4/c57-47(39-16-8-7-15-38(39)29-32-11-3-1-4-12-32)55-27-9-17-42(55)45-50-30-40(52-45)35-23-19-33(20-24-35)34-21-25-36(26-22-34)41-31-51-46(53-41)43-18-10-28-56(43)48(58)44(54-49(59)60)37-13-5-2-6-14-37/h1-8,11-16,19-26,30-31,42-44,54H,9-10,17-18,27-29H2,(H,50,52)(H,51,53)(H,59,60)/t42-,43-,44+/m0/s1. The van der Waals surface area contributed by atoms with Crippen LogP contribution in [0.3, 0.4) is 0 Å². The van der Waals surface area contributed by atoms with Crippen LogP contribution in [-0.2, 0) is 11.2 Å². The van der Waals surface area contributed by atoms with Gasteiger partial charge in [0.25, 0.3) is 11.8 Å². The van der Waals surface area contributed by atoms with Crippen LogP contribution in [0, 0.1) is 0 Å². The van der Waals surface area contributed by atoms with Gasteiger partial charge in [-0.2, -0.15) is 0 Å². The minimum absolute atomic E-state index is 0.0437. The molecule has 0 unspecified atom stereocenters. The van der Waals surface area contributed by atoms with E-state index in [-0.39, 0.29) is 23.9 Å². The maximum absolute atomic E-state index is 14.0. The highest BCUT2D eigenvalue weighted by atomic mass is 16.4. The predicted molar refractivity (Wildman–Crippen MR) is 230 cm³/mol. The normalized spacial score (nSPS) is 16.8. The molecule has 0 saturated carbocycles. The molecule has 4 heterocycles. The molecule has 60 heavy (non-hydrogen) atoms. The van der Waals surface area contributed by atoms with E-state index in [2.05, 4.69) is 80.9 Å². The summed E-state index contributed by atoms with van der Waals surface area (Å²) in [4.78, 5) is 59.5. The number of rotatable bonds is 11. The van der Waals surface area contributed by atoms with Gasteiger partial charge in [0.05, 0.1) is 35.9 Å². The molecule has 3 atom stereocenters. The first-order valence-corrected chi connectivity index (χ1v) is 20.5. The molecule has 2 saturated heterocycles. The molecule has 3 amide bonds. The lowest BCUT2D eigenvalue weighted by atomic mass is 9.98. The van der Waals surface area contributed by atoms with Crippen LogP contribution < -0.4 is 5.32 Å². The number of carbonyl (C=O) groups is 3. The summed E-state index contributed by atoms with van der Waals surface area (Å²) in [5.41, 5.74) is 9.39. The number of H-pyrrole nitrogens is 2. The second-order valence-corrected chi connectivity index (χ2v) is 15.5. The summed E-state index contributed by atoms with van der Waals surface area (Å²) in [5, 5.41) is 11.9. The predicted octanol–water partition coefficient (Wildman–Crippen LogP) is 9.37. The van der Waals surface area contributed by atoms with Crippen LogP contribution in [0.4, 0.5) is 4.79 Å². The maximum Gasteiger partial charge on any atom is 0.405 e. The van der Waals surface area contributed by atoms with E-state index in [4.69, 9.17) is 4.98 Å². The number of amides is 3. The highest BCUT2D eigenvalue weighted by Crippen LogP contribution is 2.36. The monoisotopic (exact) mass is 795 g/mol. The molecule has 2 aromatic heterocycles. The molecule has 2 fully saturated rings. The number of hydrogen-bond donors (Lipinski definition) is 4. The van der Waals surface area contributed by atoms with Gasteiger partial charge in [0.1, 0.15) is 17.7 Å². The van der Waals surface area contributed by atoms with Crippen molar-refractivity contribution in [3.63, 3.8) is 0 Å². The molecule has 11 heteroatoms. The van der Waals surface area contributed by atoms with Crippen LogP contribution >= 0.6 is 0 Å². The van der Waals surface area contributed by atoms with Crippen LogP contribution in [0.15, 0.2) is 146 Å². The van der Waals surface area contributed by atoms with Crippen LogP contribution in [0.5, 0.6) is 0 Å². The third kappa shape index (κ3) is 7.94. The van der Waals surface area contributed by atoms with Crippen molar-refractivity contribution in [3.8, 4) is 33.6 Å². The molecule has 2 aliphatic heterocycles. The van der Waals surface area contributed by atoms with E-state index in [0.29, 0.717) is 30.9 Å². The van der Waals surface area contributed by atoms with Crippen molar-refractivity contribution in [2.24, 2.45) is 0 Å². The Balaban J connectivity index is 0.856. The first-order valence-electron chi connectivity index (χ1n) is 20.5. The molecule has 0 spiro atoms. The Bertz CT molecular complexity index is 2600. The number of hydrogen-bond acceptors (Lipinski definition) is 5. The van der Waals surface area contributed by atoms with E-state index in [0.717, 1.165) is 76.3 Å². The lowest BCUT2D eigenvalue weighted by Crippen LogP contribution is -2.42. The molecular formula is C49H45N7O4. The van der Waals surface area contributed by atoms with Crippen LogP contribution in [0.25, 0.3) is 33.6 Å². The summed E-state index contributed by atoms with van der Waals surface area (Å²) < 4.78 is 0. The fraction of sp³-hybridized carbons (Fsp3) is 0.204. The highest BCUT2D eigenvalue weighted by molar-refractivity contribution is 5.96. The Hall–Kier alpha value is -7.27. The minimum atomic E-state index is -1.25. The van der Waals surface area contributed by atoms with Crippen molar-refractivity contribution in [1.82, 2.24) is 35.1 Å². The Morgan fingerprint density at radius 2 is 1.13 bits per heavy atom. The third-order valence-corrected chi connectivity index (χ3v) is 11.7. The number of imidazole rings is 2. The van der Waals surface area contributed by atoms with E-state index in [1.807, 2.05) is 59.6 Å². The Morgan fingerprint density at radius 3 is 1.72 bits per heavy atom. The van der Waals surface area contributed by atoms with E-state index in [1.54, 1.807) is 35.4 Å². The second-order valence-electron chi connectivity index (χ2n) is 15.5. The molecule has 2 aliphatic rings. The summed E-state index contributed by atoms with van der Waals surface area (Å²) >= 11 is 0. The zero-order chi connectivity index (χ0) is 41.0. The molecule has 9 rings (SSSR count). The molecule has 0 bridgehead atoms. The Morgan fingerprint density at radius 1 is 0.633 bits per heavy atom. The molecule has 300 valence electrons. The van der Waals surface area contributed by atoms with E-state index >= 15 is 0 Å². The molecule has 11 nitrogen and oxygen atoms in total. The SMILES string of the molecule is O=C(O)N[C@@H](C(=O)N1CCC[C@H]1c1ncc(-c2ccc(-c3ccc(-c4cnc([C@@H]5CCCN5C(=O)c5ccccc5Cc5ccccc5)[nH]4)cc3)cc2)[nH]1)c1ccccc1. The summed E-state index contributed by atoms with van der Waals surface area (Å²) in [6.07, 6.45) is 6.40. The summed E-state index contributed by atoms with van der Waals surface area (Å²) in [6, 6.07) is 42.3. The number of carboxylic acid groups (broad SMARTS) is 1. The van der Waals surface area contributed by atoms with E-state index in [1.165, 1.54) is 5.56 Å². The van der Waals surface area contributed by atoms with Crippen molar-refractivity contribution >= 4 is 17.9 Å². The zero-order valence-corrected chi connectivity index (χ0v) is 33.0. The first kappa shape index (κ1) is 38.3. The quantitative estimate of drug-likeness (QED) is 0.103. The smallest absolute Gasteiger partial charge is 0.405 e. The molecule has 4 N–H and O–H groups in total. The summed E-state index contributed by atoms with van der Waals surface area (Å²) in [7, 11) is 0. The van der Waals surface area contributed by atoms with Gasteiger partial charge in [0, 0.05) is 18.7 Å². The zero-order valence-electron chi connectivity index (χ0n) is 33.0. The number of carbonyl (C=O) groups excluding carboxylic acids is 2. The average molecular weight is 796 g/mol. The molecule has 7 aromatic rings. The largest absolute Gasteiger partial charge is 0.465 e. The Labute approximate surface area is 348 Å². The molecule has 0 aliphatic carbocycles. The summed E-state index contributed by atoms with van der Waals surface area (Å²) in [5.74, 6) is 1.23. The number of aromatic nitrogens is 4. The number of nitrogens with one attached hydrogen (secondary N) is 3. The lowest BCUT2D eigenvalue weighted by Gasteiger charge is -2.28. The first-order chi connectivity index (χ1) is 29.4. The molecule has 0 radical (unpaired) electrons.